The summed E-state index contributed by atoms with van der Waals surface area (Å²) in [7, 11) is 3.37. The molecular formula is C8H16N2O3. The summed E-state index contributed by atoms with van der Waals surface area (Å²) >= 11 is 0. The Morgan fingerprint density at radius 1 is 1.38 bits per heavy atom. The van der Waals surface area contributed by atoms with Gasteiger partial charge in [0.15, 0.2) is 0 Å². The highest BCUT2D eigenvalue weighted by Gasteiger charge is 2.30. The molecule has 1 amide bonds. The summed E-state index contributed by atoms with van der Waals surface area (Å²) in [5.41, 5.74) is 0. The zero-order chi connectivity index (χ0) is 10.0. The van der Waals surface area contributed by atoms with Crippen LogP contribution < -0.4 is 0 Å². The number of carbonyl (C=O) groups is 1. The van der Waals surface area contributed by atoms with E-state index in [0.29, 0.717) is 13.1 Å². The maximum atomic E-state index is 11.2. The van der Waals surface area contributed by atoms with Gasteiger partial charge in [-0.05, 0) is 0 Å². The highest BCUT2D eigenvalue weighted by Crippen LogP contribution is 2.09. The molecule has 1 heterocycles. The lowest BCUT2D eigenvalue weighted by atomic mass is 10.3. The van der Waals surface area contributed by atoms with Crippen LogP contribution in [0.25, 0.3) is 0 Å². The van der Waals surface area contributed by atoms with Crippen LogP contribution in [-0.4, -0.2) is 71.9 Å². The van der Waals surface area contributed by atoms with Gasteiger partial charge in [0.2, 0.25) is 5.91 Å². The average molecular weight is 188 g/mol. The van der Waals surface area contributed by atoms with Gasteiger partial charge in [-0.25, -0.2) is 0 Å². The van der Waals surface area contributed by atoms with E-state index in [-0.39, 0.29) is 12.5 Å². The van der Waals surface area contributed by atoms with Gasteiger partial charge in [-0.15, -0.1) is 0 Å². The molecular weight excluding hydrogens is 172 g/mol. The van der Waals surface area contributed by atoms with Gasteiger partial charge in [-0.1, -0.05) is 0 Å². The molecule has 0 aliphatic carbocycles. The van der Waals surface area contributed by atoms with Crippen molar-refractivity contribution in [1.29, 1.82) is 0 Å². The Kier molecular flexibility index (Phi) is 3.24. The molecule has 0 spiro atoms. The van der Waals surface area contributed by atoms with Gasteiger partial charge in [0, 0.05) is 27.2 Å². The highest BCUT2D eigenvalue weighted by molar-refractivity contribution is 5.77. The van der Waals surface area contributed by atoms with Gasteiger partial charge < -0.3 is 15.1 Å². The predicted octanol–water partition coefficient (Wildman–Crippen LogP) is -1.89. The van der Waals surface area contributed by atoms with Crippen molar-refractivity contribution in [2.75, 3.05) is 33.7 Å². The van der Waals surface area contributed by atoms with E-state index in [1.54, 1.807) is 19.0 Å². The molecule has 2 atom stereocenters. The minimum Gasteiger partial charge on any atom is -0.389 e. The molecule has 0 radical (unpaired) electrons. The van der Waals surface area contributed by atoms with Crippen LogP contribution in [0.5, 0.6) is 0 Å². The summed E-state index contributed by atoms with van der Waals surface area (Å²) in [4.78, 5) is 14.5. The predicted molar refractivity (Wildman–Crippen MR) is 47.1 cm³/mol. The van der Waals surface area contributed by atoms with Crippen molar-refractivity contribution in [3.8, 4) is 0 Å². The fourth-order valence-corrected chi connectivity index (χ4v) is 1.31. The van der Waals surface area contributed by atoms with Crippen LogP contribution >= 0.6 is 0 Å². The standard InChI is InChI=1S/C8H16N2O3/c1-9(2)8(13)5-10-3-6(11)7(12)4-10/h6-7,11-12H,3-5H2,1-2H3. The maximum absolute atomic E-state index is 11.2. The SMILES string of the molecule is CN(C)C(=O)CN1CC(O)C(O)C1. The Balaban J connectivity index is 2.36. The van der Waals surface area contributed by atoms with E-state index in [1.165, 1.54) is 4.90 Å². The lowest BCUT2D eigenvalue weighted by molar-refractivity contribution is -0.129. The van der Waals surface area contributed by atoms with Crippen molar-refractivity contribution >= 4 is 5.91 Å². The van der Waals surface area contributed by atoms with E-state index in [4.69, 9.17) is 0 Å². The van der Waals surface area contributed by atoms with Gasteiger partial charge in [0.05, 0.1) is 18.8 Å². The molecule has 5 nitrogen and oxygen atoms in total. The number of β-amino-alcohol motifs (C(OH)–C–C–N with tert-alkyl or cyclic N) is 2. The molecule has 2 N–H and O–H groups in total. The van der Waals surface area contributed by atoms with Crippen molar-refractivity contribution in [3.63, 3.8) is 0 Å². The summed E-state index contributed by atoms with van der Waals surface area (Å²) in [5.74, 6) is -0.0127. The van der Waals surface area contributed by atoms with Crippen LogP contribution in [0.4, 0.5) is 0 Å². The monoisotopic (exact) mass is 188 g/mol. The molecule has 13 heavy (non-hydrogen) atoms. The third-order valence-electron chi connectivity index (χ3n) is 2.19. The summed E-state index contributed by atoms with van der Waals surface area (Å²) in [6.45, 7) is 1.02. The second-order valence-electron chi connectivity index (χ2n) is 3.62. The zero-order valence-corrected chi connectivity index (χ0v) is 7.97. The largest absolute Gasteiger partial charge is 0.389 e. The van der Waals surface area contributed by atoms with Crippen LogP contribution in [0.1, 0.15) is 0 Å². The third kappa shape index (κ3) is 2.65. The van der Waals surface area contributed by atoms with E-state index in [0.717, 1.165) is 0 Å². The Bertz CT molecular complexity index is 186. The number of nitrogens with zero attached hydrogens (tertiary/aromatic N) is 2. The first-order chi connectivity index (χ1) is 6.00. The molecule has 0 aromatic heterocycles. The summed E-state index contributed by atoms with van der Waals surface area (Å²) in [6, 6.07) is 0. The molecule has 5 heteroatoms. The van der Waals surface area contributed by atoms with Gasteiger partial charge in [0.25, 0.3) is 0 Å². The number of amides is 1. The number of carbonyl (C=O) groups excluding carboxylic acids is 1. The molecule has 0 saturated carbocycles. The van der Waals surface area contributed by atoms with Crippen LogP contribution in [0.2, 0.25) is 0 Å². The van der Waals surface area contributed by atoms with Crippen molar-refractivity contribution in [2.24, 2.45) is 0 Å². The molecule has 0 bridgehead atoms. The number of hydrogen-bond acceptors (Lipinski definition) is 4. The Hall–Kier alpha value is -0.650. The lowest BCUT2D eigenvalue weighted by Gasteiger charge is -2.17. The first-order valence-corrected chi connectivity index (χ1v) is 4.29. The molecule has 1 aliphatic rings. The van der Waals surface area contributed by atoms with Crippen molar-refractivity contribution in [2.45, 2.75) is 12.2 Å². The van der Waals surface area contributed by atoms with E-state index in [2.05, 4.69) is 0 Å². The molecule has 1 aliphatic heterocycles. The third-order valence-corrected chi connectivity index (χ3v) is 2.19. The van der Waals surface area contributed by atoms with E-state index < -0.39 is 12.2 Å². The second-order valence-corrected chi connectivity index (χ2v) is 3.62. The van der Waals surface area contributed by atoms with Crippen molar-refractivity contribution in [1.82, 2.24) is 9.80 Å². The van der Waals surface area contributed by atoms with E-state index >= 15 is 0 Å². The topological polar surface area (TPSA) is 64.0 Å². The molecule has 2 unspecified atom stereocenters. The van der Waals surface area contributed by atoms with Crippen molar-refractivity contribution in [3.05, 3.63) is 0 Å². The summed E-state index contributed by atoms with van der Waals surface area (Å²) in [6.07, 6.45) is -1.43. The van der Waals surface area contributed by atoms with Gasteiger partial charge in [0.1, 0.15) is 0 Å². The molecule has 0 aromatic rings. The summed E-state index contributed by atoms with van der Waals surface area (Å²) in [5, 5.41) is 18.4. The van der Waals surface area contributed by atoms with Crippen LogP contribution in [0.3, 0.4) is 0 Å². The van der Waals surface area contributed by atoms with Crippen molar-refractivity contribution < 1.29 is 15.0 Å². The number of rotatable bonds is 2. The Labute approximate surface area is 77.6 Å². The average Bonchev–Trinajstić information content (AvgIpc) is 2.31. The minimum absolute atomic E-state index is 0.0127. The fraction of sp³-hybridized carbons (Fsp3) is 0.875. The lowest BCUT2D eigenvalue weighted by Crippen LogP contribution is -2.35. The van der Waals surface area contributed by atoms with Gasteiger partial charge in [-0.3, -0.25) is 9.69 Å². The number of aliphatic hydroxyl groups excluding tert-OH is 2. The molecule has 1 saturated heterocycles. The summed E-state index contributed by atoms with van der Waals surface area (Å²) < 4.78 is 0. The maximum Gasteiger partial charge on any atom is 0.236 e. The van der Waals surface area contributed by atoms with Crippen LogP contribution in [0.15, 0.2) is 0 Å². The first kappa shape index (κ1) is 10.4. The molecule has 1 rings (SSSR count). The minimum atomic E-state index is -0.713. The van der Waals surface area contributed by atoms with Crippen LogP contribution in [0, 0.1) is 0 Å². The molecule has 76 valence electrons. The fourth-order valence-electron chi connectivity index (χ4n) is 1.31. The molecule has 1 fully saturated rings. The Morgan fingerprint density at radius 2 is 1.85 bits per heavy atom. The quantitative estimate of drug-likeness (QED) is 0.532. The van der Waals surface area contributed by atoms with Gasteiger partial charge in [-0.2, -0.15) is 0 Å². The number of likely N-dealkylation sites (N-methyl/N-ethyl adjacent to an activating group) is 1. The highest BCUT2D eigenvalue weighted by atomic mass is 16.3. The number of likely N-dealkylation sites (tertiary alicyclic amines) is 1. The second kappa shape index (κ2) is 4.04. The number of hydrogen-bond donors (Lipinski definition) is 2. The first-order valence-electron chi connectivity index (χ1n) is 4.29. The van der Waals surface area contributed by atoms with E-state index in [1.807, 2.05) is 0 Å². The van der Waals surface area contributed by atoms with Crippen LogP contribution in [-0.2, 0) is 4.79 Å². The smallest absolute Gasteiger partial charge is 0.236 e. The zero-order valence-electron chi connectivity index (χ0n) is 7.97. The molecule has 0 aromatic carbocycles. The van der Waals surface area contributed by atoms with E-state index in [9.17, 15) is 15.0 Å². The Morgan fingerprint density at radius 3 is 2.23 bits per heavy atom. The number of aliphatic hydroxyl groups is 2. The van der Waals surface area contributed by atoms with Gasteiger partial charge >= 0.3 is 0 Å². The normalized spacial score (nSPS) is 29.2.